The lowest BCUT2D eigenvalue weighted by Crippen LogP contribution is -2.35. The maximum absolute atomic E-state index is 13.9. The summed E-state index contributed by atoms with van der Waals surface area (Å²) in [6.07, 6.45) is 2.19. The molecule has 160 valence electrons. The van der Waals surface area contributed by atoms with Crippen LogP contribution in [-0.4, -0.2) is 24.4 Å². The zero-order valence-corrected chi connectivity index (χ0v) is 17.5. The molecule has 0 bridgehead atoms. The number of halogens is 2. The number of amides is 2. The Hall–Kier alpha value is -3.50. The average molecular weight is 463 g/mol. The molecule has 31 heavy (non-hydrogen) atoms. The largest absolute Gasteiger partial charge is 0.438 e. The van der Waals surface area contributed by atoms with Crippen molar-refractivity contribution in [2.45, 2.75) is 11.3 Å². The highest BCUT2D eigenvalue weighted by atomic mass is 35.5. The van der Waals surface area contributed by atoms with Gasteiger partial charge in [-0.1, -0.05) is 48.0 Å². The van der Waals surface area contributed by atoms with E-state index in [9.17, 15) is 17.6 Å². The van der Waals surface area contributed by atoms with Crippen LogP contribution in [0.1, 0.15) is 5.56 Å². The van der Waals surface area contributed by atoms with Gasteiger partial charge in [0.2, 0.25) is 17.8 Å². The minimum absolute atomic E-state index is 0.0707. The number of rotatable bonds is 7. The van der Waals surface area contributed by atoms with Gasteiger partial charge in [-0.25, -0.2) is 17.9 Å². The van der Waals surface area contributed by atoms with Crippen LogP contribution >= 0.6 is 11.6 Å². The Balaban J connectivity index is 1.77. The standard InChI is InChI=1S/C20H16ClFN4O4S/c1-2-7-13-8-3-5-10-15(13)30-18-12-17(22)23-19(24-18)25-20(27)26-31(28,29)16-11-6-4-9-14(16)21/h2-6,8-12H,1,7H2,(H2,23,24,25,26,27). The first-order valence-electron chi connectivity index (χ1n) is 8.78. The Morgan fingerprint density at radius 3 is 2.61 bits per heavy atom. The number of urea groups is 1. The minimum atomic E-state index is -4.27. The number of nitrogens with zero attached hydrogens (tertiary/aromatic N) is 2. The summed E-state index contributed by atoms with van der Waals surface area (Å²) < 4.78 is 45.9. The molecule has 2 amide bonds. The summed E-state index contributed by atoms with van der Waals surface area (Å²) in [6.45, 7) is 3.67. The van der Waals surface area contributed by atoms with Crippen LogP contribution in [0, 0.1) is 5.95 Å². The predicted molar refractivity (Wildman–Crippen MR) is 113 cm³/mol. The third kappa shape index (κ3) is 5.77. The van der Waals surface area contributed by atoms with Gasteiger partial charge in [-0.15, -0.1) is 6.58 Å². The second-order valence-electron chi connectivity index (χ2n) is 6.05. The smallest absolute Gasteiger partial charge is 0.335 e. The fourth-order valence-corrected chi connectivity index (χ4v) is 3.94. The lowest BCUT2D eigenvalue weighted by molar-refractivity contribution is 0.256. The van der Waals surface area contributed by atoms with Crippen LogP contribution in [0.15, 0.2) is 72.1 Å². The molecule has 11 heteroatoms. The molecule has 3 aromatic rings. The number of aromatic nitrogens is 2. The van der Waals surface area contributed by atoms with Gasteiger partial charge in [0.1, 0.15) is 10.6 Å². The van der Waals surface area contributed by atoms with Gasteiger partial charge in [0.15, 0.2) is 0 Å². The van der Waals surface area contributed by atoms with Crippen molar-refractivity contribution in [1.82, 2.24) is 14.7 Å². The molecule has 0 spiro atoms. The highest BCUT2D eigenvalue weighted by Crippen LogP contribution is 2.25. The van der Waals surface area contributed by atoms with Gasteiger partial charge in [-0.3, -0.25) is 5.32 Å². The molecule has 0 atom stereocenters. The van der Waals surface area contributed by atoms with Gasteiger partial charge >= 0.3 is 6.03 Å². The highest BCUT2D eigenvalue weighted by Gasteiger charge is 2.21. The third-order valence-electron chi connectivity index (χ3n) is 3.80. The summed E-state index contributed by atoms with van der Waals surface area (Å²) in [4.78, 5) is 19.2. The summed E-state index contributed by atoms with van der Waals surface area (Å²) >= 11 is 5.86. The lowest BCUT2D eigenvalue weighted by Gasteiger charge is -2.11. The number of nitrogens with one attached hydrogen (secondary N) is 2. The van der Waals surface area contributed by atoms with Crippen molar-refractivity contribution in [2.75, 3.05) is 5.32 Å². The molecule has 0 aliphatic rings. The summed E-state index contributed by atoms with van der Waals surface area (Å²) in [5.41, 5.74) is 0.787. The molecule has 0 saturated carbocycles. The first kappa shape index (κ1) is 22.2. The minimum Gasteiger partial charge on any atom is -0.438 e. The number of benzene rings is 2. The van der Waals surface area contributed by atoms with E-state index in [0.717, 1.165) is 11.6 Å². The van der Waals surface area contributed by atoms with Crippen LogP contribution < -0.4 is 14.8 Å². The van der Waals surface area contributed by atoms with Crippen molar-refractivity contribution < 1.29 is 22.3 Å². The second-order valence-corrected chi connectivity index (χ2v) is 8.10. The quantitative estimate of drug-likeness (QED) is 0.400. The number of hydrogen-bond donors (Lipinski definition) is 2. The molecule has 1 heterocycles. The molecular formula is C20H16ClFN4O4S. The lowest BCUT2D eigenvalue weighted by atomic mass is 10.1. The van der Waals surface area contributed by atoms with Crippen LogP contribution in [0.2, 0.25) is 5.02 Å². The molecule has 0 unspecified atom stereocenters. The molecule has 0 radical (unpaired) electrons. The molecule has 3 rings (SSSR count). The monoisotopic (exact) mass is 462 g/mol. The van der Waals surface area contributed by atoms with Crippen LogP contribution in [-0.2, 0) is 16.4 Å². The molecular weight excluding hydrogens is 447 g/mol. The molecule has 0 aliphatic carbocycles. The van der Waals surface area contributed by atoms with Gasteiger partial charge in [0.05, 0.1) is 11.1 Å². The molecule has 0 saturated heterocycles. The number of ether oxygens (including phenoxy) is 1. The van der Waals surface area contributed by atoms with E-state index in [1.807, 2.05) is 6.07 Å². The first-order chi connectivity index (χ1) is 14.8. The fraction of sp³-hybridized carbons (Fsp3) is 0.0500. The second kappa shape index (κ2) is 9.54. The number of carbonyl (C=O) groups is 1. The van der Waals surface area contributed by atoms with E-state index >= 15 is 0 Å². The summed E-state index contributed by atoms with van der Waals surface area (Å²) in [5.74, 6) is -1.26. The van der Waals surface area contributed by atoms with Gasteiger partial charge in [-0.05, 0) is 30.2 Å². The summed E-state index contributed by atoms with van der Waals surface area (Å²) in [7, 11) is -4.27. The Bertz CT molecular complexity index is 1240. The first-order valence-corrected chi connectivity index (χ1v) is 10.6. The normalized spacial score (nSPS) is 10.9. The van der Waals surface area contributed by atoms with E-state index in [4.69, 9.17) is 16.3 Å². The van der Waals surface area contributed by atoms with Crippen molar-refractivity contribution in [3.8, 4) is 11.6 Å². The molecule has 0 aliphatic heterocycles. The molecule has 2 N–H and O–H groups in total. The number of sulfonamides is 1. The number of anilines is 1. The number of allylic oxidation sites excluding steroid dienone is 1. The Morgan fingerprint density at radius 2 is 1.87 bits per heavy atom. The number of hydrogen-bond acceptors (Lipinski definition) is 6. The molecule has 8 nitrogen and oxygen atoms in total. The SMILES string of the molecule is C=CCc1ccccc1Oc1cc(F)nc(NC(=O)NS(=O)(=O)c2ccccc2Cl)n1. The molecule has 2 aromatic carbocycles. The molecule has 0 fully saturated rings. The van der Waals surface area contributed by atoms with Crippen molar-refractivity contribution in [1.29, 1.82) is 0 Å². The highest BCUT2D eigenvalue weighted by molar-refractivity contribution is 7.90. The van der Waals surface area contributed by atoms with E-state index in [0.29, 0.717) is 12.2 Å². The Morgan fingerprint density at radius 1 is 1.16 bits per heavy atom. The molecule has 1 aromatic heterocycles. The topological polar surface area (TPSA) is 110 Å². The van der Waals surface area contributed by atoms with Crippen LogP contribution in [0.4, 0.5) is 15.1 Å². The maximum Gasteiger partial charge on any atom is 0.335 e. The zero-order valence-electron chi connectivity index (χ0n) is 15.9. The van der Waals surface area contributed by atoms with Crippen molar-refractivity contribution in [3.05, 3.63) is 83.8 Å². The van der Waals surface area contributed by atoms with Crippen molar-refractivity contribution in [3.63, 3.8) is 0 Å². The van der Waals surface area contributed by atoms with Crippen LogP contribution in [0.25, 0.3) is 0 Å². The average Bonchev–Trinajstić information content (AvgIpc) is 2.69. The fourth-order valence-electron chi connectivity index (χ4n) is 2.51. The number of para-hydroxylation sites is 1. The zero-order chi connectivity index (χ0) is 22.4. The predicted octanol–water partition coefficient (Wildman–Crippen LogP) is 4.30. The number of carbonyl (C=O) groups excluding carboxylic acids is 1. The Kier molecular flexibility index (Phi) is 6.83. The van der Waals surface area contributed by atoms with E-state index in [2.05, 4.69) is 21.9 Å². The Labute approximate surface area is 182 Å². The van der Waals surface area contributed by atoms with Crippen LogP contribution in [0.5, 0.6) is 11.6 Å². The van der Waals surface area contributed by atoms with Crippen molar-refractivity contribution in [2.24, 2.45) is 0 Å². The van der Waals surface area contributed by atoms with E-state index < -0.39 is 28.0 Å². The summed E-state index contributed by atoms with van der Waals surface area (Å²) in [6, 6.07) is 12.3. The van der Waals surface area contributed by atoms with E-state index in [1.165, 1.54) is 24.3 Å². The van der Waals surface area contributed by atoms with E-state index in [-0.39, 0.29) is 15.8 Å². The third-order valence-corrected chi connectivity index (χ3v) is 5.63. The maximum atomic E-state index is 13.9. The van der Waals surface area contributed by atoms with Gasteiger partial charge in [0, 0.05) is 0 Å². The van der Waals surface area contributed by atoms with Gasteiger partial charge < -0.3 is 4.74 Å². The van der Waals surface area contributed by atoms with Gasteiger partial charge in [-0.2, -0.15) is 14.4 Å². The summed E-state index contributed by atoms with van der Waals surface area (Å²) in [5, 5.41) is 1.99. The van der Waals surface area contributed by atoms with E-state index in [1.54, 1.807) is 29.0 Å². The van der Waals surface area contributed by atoms with Gasteiger partial charge in [0.25, 0.3) is 10.0 Å². The van der Waals surface area contributed by atoms with Crippen molar-refractivity contribution >= 4 is 33.6 Å². The van der Waals surface area contributed by atoms with Crippen LogP contribution in [0.3, 0.4) is 0 Å².